The zero-order chi connectivity index (χ0) is 14.9. The lowest BCUT2D eigenvalue weighted by Gasteiger charge is -2.23. The summed E-state index contributed by atoms with van der Waals surface area (Å²) in [5.74, 6) is 0.668. The van der Waals surface area contributed by atoms with E-state index in [4.69, 9.17) is 4.98 Å². The van der Waals surface area contributed by atoms with Crippen molar-refractivity contribution in [2.45, 2.75) is 38.0 Å². The zero-order valence-corrected chi connectivity index (χ0v) is 13.1. The second kappa shape index (κ2) is 5.60. The Labute approximate surface area is 132 Å². The van der Waals surface area contributed by atoms with Crippen molar-refractivity contribution in [1.82, 2.24) is 9.55 Å². The van der Waals surface area contributed by atoms with E-state index in [1.807, 2.05) is 0 Å². The van der Waals surface area contributed by atoms with E-state index in [2.05, 4.69) is 60.4 Å². The molecule has 22 heavy (non-hydrogen) atoms. The molecule has 1 saturated carbocycles. The fraction of sp³-hybridized carbons (Fsp3) is 0.350. The van der Waals surface area contributed by atoms with E-state index in [0.717, 1.165) is 5.69 Å². The Hall–Kier alpha value is -2.09. The molecule has 1 aromatic carbocycles. The monoisotopic (exact) mass is 290 g/mol. The lowest BCUT2D eigenvalue weighted by atomic mass is 9.81. The Morgan fingerprint density at radius 1 is 1.00 bits per heavy atom. The SMILES string of the molecule is Cn1ccc2c(C3CCCCC3)c(-c3ccccc3)nc-2c1. The van der Waals surface area contributed by atoms with Gasteiger partial charge < -0.3 is 4.57 Å². The maximum atomic E-state index is 5.00. The van der Waals surface area contributed by atoms with Crippen LogP contribution in [0.3, 0.4) is 0 Å². The van der Waals surface area contributed by atoms with Crippen LogP contribution in [0.2, 0.25) is 0 Å². The van der Waals surface area contributed by atoms with E-state index in [-0.39, 0.29) is 0 Å². The number of hydrogen-bond donors (Lipinski definition) is 0. The standard InChI is InChI=1S/C20H22N2/c1-22-13-12-17-18(14-22)21-20(16-10-6-3-7-11-16)19(17)15-8-4-2-5-9-15/h3,6-7,10-15H,2,4-5,8-9H2,1H3. The Balaban J connectivity index is 1.91. The smallest absolute Gasteiger partial charge is 0.0875 e. The number of pyridine rings is 1. The van der Waals surface area contributed by atoms with Gasteiger partial charge in [0.25, 0.3) is 0 Å². The number of aromatic nitrogens is 2. The van der Waals surface area contributed by atoms with Gasteiger partial charge in [-0.2, -0.15) is 0 Å². The van der Waals surface area contributed by atoms with Gasteiger partial charge in [-0.15, -0.1) is 0 Å². The highest BCUT2D eigenvalue weighted by atomic mass is 14.9. The van der Waals surface area contributed by atoms with Crippen molar-refractivity contribution in [3.05, 3.63) is 54.4 Å². The van der Waals surface area contributed by atoms with Crippen LogP contribution >= 0.6 is 0 Å². The maximum Gasteiger partial charge on any atom is 0.0875 e. The van der Waals surface area contributed by atoms with Gasteiger partial charge in [-0.05, 0) is 30.4 Å². The molecule has 1 aromatic rings. The van der Waals surface area contributed by atoms with Crippen LogP contribution in [0, 0.1) is 0 Å². The van der Waals surface area contributed by atoms with Crippen molar-refractivity contribution < 1.29 is 0 Å². The maximum absolute atomic E-state index is 5.00. The molecular formula is C20H22N2. The van der Waals surface area contributed by atoms with E-state index in [9.17, 15) is 0 Å². The molecule has 2 aliphatic heterocycles. The Kier molecular flexibility index (Phi) is 3.45. The van der Waals surface area contributed by atoms with Gasteiger partial charge in [-0.3, -0.25) is 0 Å². The van der Waals surface area contributed by atoms with Gasteiger partial charge in [0.2, 0.25) is 0 Å². The summed E-state index contributed by atoms with van der Waals surface area (Å²) < 4.78 is 2.09. The molecule has 3 aliphatic rings. The number of aryl methyl sites for hydroxylation is 1. The van der Waals surface area contributed by atoms with Gasteiger partial charge in [0, 0.05) is 30.6 Å². The molecule has 0 spiro atoms. The zero-order valence-electron chi connectivity index (χ0n) is 13.1. The summed E-state index contributed by atoms with van der Waals surface area (Å²) in [6, 6.07) is 12.9. The van der Waals surface area contributed by atoms with Crippen LogP contribution < -0.4 is 0 Å². The highest BCUT2D eigenvalue weighted by Gasteiger charge is 2.26. The van der Waals surface area contributed by atoms with Gasteiger partial charge in [-0.1, -0.05) is 49.6 Å². The van der Waals surface area contributed by atoms with Crippen LogP contribution in [0.4, 0.5) is 0 Å². The van der Waals surface area contributed by atoms with Crippen molar-refractivity contribution in [2.75, 3.05) is 0 Å². The van der Waals surface area contributed by atoms with Crippen molar-refractivity contribution >= 4 is 0 Å². The van der Waals surface area contributed by atoms with Crippen LogP contribution in [0.5, 0.6) is 0 Å². The van der Waals surface area contributed by atoms with Crippen molar-refractivity contribution in [3.8, 4) is 22.5 Å². The molecule has 0 unspecified atom stereocenters. The highest BCUT2D eigenvalue weighted by molar-refractivity contribution is 5.79. The molecule has 4 rings (SSSR count). The topological polar surface area (TPSA) is 17.8 Å². The molecule has 112 valence electrons. The average molecular weight is 290 g/mol. The molecule has 2 heteroatoms. The predicted octanol–water partition coefficient (Wildman–Crippen LogP) is 5.24. The molecular weight excluding hydrogens is 268 g/mol. The summed E-state index contributed by atoms with van der Waals surface area (Å²) in [4.78, 5) is 5.00. The summed E-state index contributed by atoms with van der Waals surface area (Å²) in [7, 11) is 2.07. The third-order valence-corrected chi connectivity index (χ3v) is 4.92. The van der Waals surface area contributed by atoms with Crippen molar-refractivity contribution in [1.29, 1.82) is 0 Å². The van der Waals surface area contributed by atoms with Crippen LogP contribution in [-0.2, 0) is 7.05 Å². The van der Waals surface area contributed by atoms with Gasteiger partial charge in [-0.25, -0.2) is 4.98 Å². The van der Waals surface area contributed by atoms with E-state index in [1.165, 1.54) is 54.5 Å². The molecule has 0 atom stereocenters. The molecule has 0 amide bonds. The first-order chi connectivity index (χ1) is 10.8. The fourth-order valence-corrected chi connectivity index (χ4v) is 3.83. The molecule has 2 nitrogen and oxygen atoms in total. The summed E-state index contributed by atoms with van der Waals surface area (Å²) in [6.07, 6.45) is 11.0. The van der Waals surface area contributed by atoms with Crippen LogP contribution in [0.15, 0.2) is 48.8 Å². The van der Waals surface area contributed by atoms with Gasteiger partial charge in [0.1, 0.15) is 0 Å². The molecule has 0 bridgehead atoms. The molecule has 1 aliphatic carbocycles. The number of nitrogens with zero attached hydrogens (tertiary/aromatic N) is 2. The van der Waals surface area contributed by atoms with E-state index < -0.39 is 0 Å². The minimum absolute atomic E-state index is 0.668. The van der Waals surface area contributed by atoms with Gasteiger partial charge in [0.15, 0.2) is 0 Å². The quantitative estimate of drug-likeness (QED) is 0.631. The normalized spacial score (nSPS) is 16.2. The summed E-state index contributed by atoms with van der Waals surface area (Å²) in [5.41, 5.74) is 6.42. The van der Waals surface area contributed by atoms with Gasteiger partial charge >= 0.3 is 0 Å². The minimum Gasteiger partial charge on any atom is -0.355 e. The third-order valence-electron chi connectivity index (χ3n) is 4.92. The second-order valence-electron chi connectivity index (χ2n) is 6.48. The van der Waals surface area contributed by atoms with Gasteiger partial charge in [0.05, 0.1) is 11.4 Å². The lowest BCUT2D eigenvalue weighted by molar-refractivity contribution is 0.445. The van der Waals surface area contributed by atoms with Crippen LogP contribution in [-0.4, -0.2) is 9.55 Å². The summed E-state index contributed by atoms with van der Waals surface area (Å²) in [5, 5.41) is 0. The number of benzene rings is 1. The lowest BCUT2D eigenvalue weighted by Crippen LogP contribution is -2.06. The molecule has 0 saturated heterocycles. The van der Waals surface area contributed by atoms with Crippen molar-refractivity contribution in [3.63, 3.8) is 0 Å². The largest absolute Gasteiger partial charge is 0.355 e. The Bertz CT molecular complexity index is 736. The first-order valence-electron chi connectivity index (χ1n) is 8.34. The van der Waals surface area contributed by atoms with E-state index >= 15 is 0 Å². The highest BCUT2D eigenvalue weighted by Crippen LogP contribution is 2.44. The van der Waals surface area contributed by atoms with E-state index in [0.29, 0.717) is 5.92 Å². The van der Waals surface area contributed by atoms with Crippen LogP contribution in [0.1, 0.15) is 43.6 Å². The van der Waals surface area contributed by atoms with Crippen molar-refractivity contribution in [2.24, 2.45) is 7.05 Å². The van der Waals surface area contributed by atoms with Crippen LogP contribution in [0.25, 0.3) is 22.5 Å². The number of rotatable bonds is 2. The molecule has 2 heterocycles. The molecule has 1 fully saturated rings. The first kappa shape index (κ1) is 13.6. The average Bonchev–Trinajstić information content (AvgIpc) is 2.95. The molecule has 0 N–H and O–H groups in total. The third kappa shape index (κ3) is 2.33. The minimum atomic E-state index is 0.668. The molecule has 0 radical (unpaired) electrons. The first-order valence-corrected chi connectivity index (χ1v) is 8.34. The van der Waals surface area contributed by atoms with E-state index in [1.54, 1.807) is 0 Å². The number of fused-ring (bicyclic) bond motifs is 1. The number of hydrogen-bond acceptors (Lipinski definition) is 1. The fourth-order valence-electron chi connectivity index (χ4n) is 3.83. The summed E-state index contributed by atoms with van der Waals surface area (Å²) in [6.45, 7) is 0. The Morgan fingerprint density at radius 3 is 2.55 bits per heavy atom. The Morgan fingerprint density at radius 2 is 1.77 bits per heavy atom. The second-order valence-corrected chi connectivity index (χ2v) is 6.48. The predicted molar refractivity (Wildman–Crippen MR) is 91.1 cm³/mol. The summed E-state index contributed by atoms with van der Waals surface area (Å²) >= 11 is 0. The molecule has 0 aromatic heterocycles.